The lowest BCUT2D eigenvalue weighted by atomic mass is 10.0. The molecule has 1 saturated carbocycles. The molecule has 0 unspecified atom stereocenters. The smallest absolute Gasteiger partial charge is 0.343 e. The summed E-state index contributed by atoms with van der Waals surface area (Å²) in [6.45, 7) is 6.24. The highest BCUT2D eigenvalue weighted by Gasteiger charge is 2.56. The van der Waals surface area contributed by atoms with Gasteiger partial charge in [-0.25, -0.2) is 9.18 Å². The van der Waals surface area contributed by atoms with Crippen molar-refractivity contribution in [3.05, 3.63) is 59.7 Å². The first-order valence-corrected chi connectivity index (χ1v) is 13.9. The summed E-state index contributed by atoms with van der Waals surface area (Å²) in [5.74, 6) is 0.655. The van der Waals surface area contributed by atoms with Crippen LogP contribution in [0.25, 0.3) is 0 Å². The Labute approximate surface area is 216 Å². The van der Waals surface area contributed by atoms with Crippen LogP contribution in [-0.4, -0.2) is 25.8 Å². The van der Waals surface area contributed by atoms with E-state index in [4.69, 9.17) is 14.2 Å². The van der Waals surface area contributed by atoms with Gasteiger partial charge in [-0.1, -0.05) is 77.3 Å². The number of alkyl halides is 1. The number of benzene rings is 2. The van der Waals surface area contributed by atoms with Gasteiger partial charge in [-0.05, 0) is 61.2 Å². The molecule has 1 aliphatic rings. The lowest BCUT2D eigenvalue weighted by Crippen LogP contribution is -2.11. The number of carbonyl (C=O) groups excluding carboxylic acids is 1. The lowest BCUT2D eigenvalue weighted by Gasteiger charge is -2.11. The standard InChI is InChI=1S/C31H43FO4/c1-3-5-7-9-10-12-22-35-28-17-19-29(20-18-28)36-30(33)25-13-15-26(16-14-25)31(32)23-27(31)24-34-21-11-8-6-4-2/h13-20,27H,3-12,21-24H2,1-2H3/t27-,31+/m0/s1. The van der Waals surface area contributed by atoms with Crippen LogP contribution in [0.1, 0.15) is 100 Å². The number of rotatable bonds is 18. The first-order valence-electron chi connectivity index (χ1n) is 13.9. The summed E-state index contributed by atoms with van der Waals surface area (Å²) in [6.07, 6.45) is 12.4. The zero-order chi connectivity index (χ0) is 25.6. The molecule has 0 aromatic heterocycles. The number of esters is 1. The highest BCUT2D eigenvalue weighted by Crippen LogP contribution is 2.55. The highest BCUT2D eigenvalue weighted by atomic mass is 19.1. The monoisotopic (exact) mass is 498 g/mol. The predicted molar refractivity (Wildman–Crippen MR) is 143 cm³/mol. The van der Waals surface area contributed by atoms with Crippen LogP contribution >= 0.6 is 0 Å². The molecule has 1 aliphatic carbocycles. The fourth-order valence-electron chi connectivity index (χ4n) is 4.43. The third-order valence-electron chi connectivity index (χ3n) is 6.89. The molecule has 1 fully saturated rings. The number of hydrogen-bond acceptors (Lipinski definition) is 4. The van der Waals surface area contributed by atoms with E-state index in [0.717, 1.165) is 25.0 Å². The van der Waals surface area contributed by atoms with Gasteiger partial charge in [0.1, 0.15) is 17.2 Å². The van der Waals surface area contributed by atoms with Crippen LogP contribution in [0, 0.1) is 5.92 Å². The third kappa shape index (κ3) is 8.92. The SMILES string of the molecule is CCCCCCCCOc1ccc(OC(=O)c2ccc([C@]3(F)C[C@H]3COCCCCCC)cc2)cc1. The molecule has 0 saturated heterocycles. The second-order valence-corrected chi connectivity index (χ2v) is 9.95. The quantitative estimate of drug-likeness (QED) is 0.118. The molecule has 0 bridgehead atoms. The Bertz CT molecular complexity index is 896. The van der Waals surface area contributed by atoms with Crippen molar-refractivity contribution in [3.63, 3.8) is 0 Å². The molecule has 0 aliphatic heterocycles. The van der Waals surface area contributed by atoms with Gasteiger partial charge in [-0.2, -0.15) is 0 Å². The van der Waals surface area contributed by atoms with Crippen molar-refractivity contribution < 1.29 is 23.4 Å². The molecular weight excluding hydrogens is 455 g/mol. The molecule has 3 rings (SSSR count). The van der Waals surface area contributed by atoms with Crippen molar-refractivity contribution in [2.45, 2.75) is 90.1 Å². The largest absolute Gasteiger partial charge is 0.494 e. The zero-order valence-corrected chi connectivity index (χ0v) is 22.1. The number of ether oxygens (including phenoxy) is 3. The normalized spacial score (nSPS) is 18.7. The van der Waals surface area contributed by atoms with Gasteiger partial charge in [-0.15, -0.1) is 0 Å². The minimum atomic E-state index is -1.35. The van der Waals surface area contributed by atoms with Crippen LogP contribution in [0.3, 0.4) is 0 Å². The van der Waals surface area contributed by atoms with E-state index >= 15 is 4.39 Å². The molecule has 0 N–H and O–H groups in total. The number of carbonyl (C=O) groups is 1. The van der Waals surface area contributed by atoms with Crippen LogP contribution < -0.4 is 9.47 Å². The molecule has 5 heteroatoms. The number of unbranched alkanes of at least 4 members (excludes halogenated alkanes) is 8. The Morgan fingerprint density at radius 2 is 1.39 bits per heavy atom. The molecule has 0 heterocycles. The van der Waals surface area contributed by atoms with Gasteiger partial charge in [0, 0.05) is 12.5 Å². The van der Waals surface area contributed by atoms with E-state index in [9.17, 15) is 4.79 Å². The Morgan fingerprint density at radius 3 is 2.08 bits per heavy atom. The molecule has 2 aromatic rings. The first kappa shape index (κ1) is 28.2. The van der Waals surface area contributed by atoms with E-state index in [1.54, 1.807) is 36.4 Å². The van der Waals surface area contributed by atoms with Crippen LogP contribution in [-0.2, 0) is 10.4 Å². The van der Waals surface area contributed by atoms with Crippen molar-refractivity contribution in [3.8, 4) is 11.5 Å². The molecule has 0 spiro atoms. The maximum absolute atomic E-state index is 15.2. The van der Waals surface area contributed by atoms with E-state index in [2.05, 4.69) is 13.8 Å². The maximum atomic E-state index is 15.2. The highest BCUT2D eigenvalue weighted by molar-refractivity contribution is 5.91. The summed E-state index contributed by atoms with van der Waals surface area (Å²) in [5, 5.41) is 0. The zero-order valence-electron chi connectivity index (χ0n) is 22.1. The maximum Gasteiger partial charge on any atom is 0.343 e. The molecule has 36 heavy (non-hydrogen) atoms. The fourth-order valence-corrected chi connectivity index (χ4v) is 4.43. The molecular formula is C31H43FO4. The van der Waals surface area contributed by atoms with Crippen LogP contribution in [0.15, 0.2) is 48.5 Å². The predicted octanol–water partition coefficient (Wildman–Crippen LogP) is 8.43. The van der Waals surface area contributed by atoms with Crippen molar-refractivity contribution in [1.82, 2.24) is 0 Å². The second kappa shape index (κ2) is 15.0. The van der Waals surface area contributed by atoms with Gasteiger partial charge < -0.3 is 14.2 Å². The summed E-state index contributed by atoms with van der Waals surface area (Å²) in [4.78, 5) is 12.5. The summed E-state index contributed by atoms with van der Waals surface area (Å²) in [7, 11) is 0. The van der Waals surface area contributed by atoms with E-state index < -0.39 is 11.6 Å². The molecule has 4 nitrogen and oxygen atoms in total. The van der Waals surface area contributed by atoms with Gasteiger partial charge in [0.25, 0.3) is 0 Å². The van der Waals surface area contributed by atoms with E-state index in [1.165, 1.54) is 44.9 Å². The number of hydrogen-bond donors (Lipinski definition) is 0. The molecule has 2 aromatic carbocycles. The van der Waals surface area contributed by atoms with Gasteiger partial charge in [-0.3, -0.25) is 0 Å². The van der Waals surface area contributed by atoms with Gasteiger partial charge >= 0.3 is 5.97 Å². The average molecular weight is 499 g/mol. The molecule has 2 atom stereocenters. The van der Waals surface area contributed by atoms with E-state index in [0.29, 0.717) is 43.1 Å². The summed E-state index contributed by atoms with van der Waals surface area (Å²) in [5.41, 5.74) is -0.349. The minimum Gasteiger partial charge on any atom is -0.494 e. The number of halogens is 1. The van der Waals surface area contributed by atoms with Crippen molar-refractivity contribution in [2.75, 3.05) is 19.8 Å². The molecule has 198 valence electrons. The Hall–Kier alpha value is -2.40. The fraction of sp³-hybridized carbons (Fsp3) is 0.581. The van der Waals surface area contributed by atoms with Crippen LogP contribution in [0.2, 0.25) is 0 Å². The summed E-state index contributed by atoms with van der Waals surface area (Å²) in [6, 6.07) is 13.8. The van der Waals surface area contributed by atoms with Crippen molar-refractivity contribution >= 4 is 5.97 Å². The Balaban J connectivity index is 1.38. The van der Waals surface area contributed by atoms with E-state index in [-0.39, 0.29) is 5.92 Å². The van der Waals surface area contributed by atoms with Crippen LogP contribution in [0.4, 0.5) is 4.39 Å². The first-order chi connectivity index (χ1) is 17.6. The molecule has 0 radical (unpaired) electrons. The van der Waals surface area contributed by atoms with Gasteiger partial charge in [0.2, 0.25) is 0 Å². The van der Waals surface area contributed by atoms with Gasteiger partial charge in [0.05, 0.1) is 18.8 Å². The van der Waals surface area contributed by atoms with Crippen LogP contribution in [0.5, 0.6) is 11.5 Å². The van der Waals surface area contributed by atoms with Crippen molar-refractivity contribution in [2.24, 2.45) is 5.92 Å². The Morgan fingerprint density at radius 1 is 0.806 bits per heavy atom. The molecule has 0 amide bonds. The van der Waals surface area contributed by atoms with Gasteiger partial charge in [0.15, 0.2) is 0 Å². The van der Waals surface area contributed by atoms with E-state index in [1.807, 2.05) is 12.1 Å². The minimum absolute atomic E-state index is 0.108. The third-order valence-corrected chi connectivity index (χ3v) is 6.89. The average Bonchev–Trinajstić information content (AvgIpc) is 3.57. The summed E-state index contributed by atoms with van der Waals surface area (Å²) < 4.78 is 32.2. The lowest BCUT2D eigenvalue weighted by molar-refractivity contribution is 0.0734. The topological polar surface area (TPSA) is 44.8 Å². The summed E-state index contributed by atoms with van der Waals surface area (Å²) >= 11 is 0. The van der Waals surface area contributed by atoms with Crippen molar-refractivity contribution in [1.29, 1.82) is 0 Å². The Kier molecular flexibility index (Phi) is 11.7. The second-order valence-electron chi connectivity index (χ2n) is 9.95.